The first kappa shape index (κ1) is 20.3. The van der Waals surface area contributed by atoms with Gasteiger partial charge in [-0.25, -0.2) is 0 Å². The third-order valence-corrected chi connectivity index (χ3v) is 5.46. The number of hydrogen-bond acceptors (Lipinski definition) is 8. The van der Waals surface area contributed by atoms with Crippen LogP contribution in [0.3, 0.4) is 0 Å². The van der Waals surface area contributed by atoms with Crippen molar-refractivity contribution in [2.75, 3.05) is 32.8 Å². The fraction of sp³-hybridized carbons (Fsp3) is 0.312. The minimum absolute atomic E-state index is 0.00563. The molecular formula is C16H14BrN3O7S. The fourth-order valence-corrected chi connectivity index (χ4v) is 3.97. The minimum Gasteiger partial charge on any atom is -0.502 e. The van der Waals surface area contributed by atoms with Gasteiger partial charge < -0.3 is 14.7 Å². The van der Waals surface area contributed by atoms with E-state index in [0.29, 0.717) is 42.5 Å². The second-order valence-corrected chi connectivity index (χ2v) is 7.79. The smallest absolute Gasteiger partial charge is 0.312 e. The number of phenolic OH excluding ortho intramolecular Hbond substituents is 1. The molecule has 1 aromatic rings. The molecule has 2 heterocycles. The number of halogens is 1. The molecule has 3 rings (SSSR count). The van der Waals surface area contributed by atoms with Gasteiger partial charge >= 0.3 is 5.69 Å². The van der Waals surface area contributed by atoms with E-state index < -0.39 is 34.1 Å². The van der Waals surface area contributed by atoms with Crippen LogP contribution in [0.25, 0.3) is 6.08 Å². The fourth-order valence-electron chi connectivity index (χ4n) is 2.68. The number of carbonyl (C=O) groups is 3. The molecule has 0 aliphatic carbocycles. The Labute approximate surface area is 171 Å². The molecule has 1 aromatic carbocycles. The maximum absolute atomic E-state index is 12.5. The average Bonchev–Trinajstić information content (AvgIpc) is 2.92. The molecule has 2 aliphatic rings. The highest BCUT2D eigenvalue weighted by Gasteiger charge is 2.37. The predicted molar refractivity (Wildman–Crippen MR) is 103 cm³/mol. The number of thioether (sulfide) groups is 1. The molecule has 0 unspecified atom stereocenters. The summed E-state index contributed by atoms with van der Waals surface area (Å²) in [6.45, 7) is 1.18. The SMILES string of the molecule is O=C(CN1C(=O)S/C(=C\c2cc(Br)cc([N+](=O)[O-])c2O)C1=O)N1CCOCC1. The normalized spacial score (nSPS) is 18.8. The molecule has 0 bridgehead atoms. The molecule has 1 N–H and O–H groups in total. The number of rotatable bonds is 4. The number of aromatic hydroxyl groups is 1. The van der Waals surface area contributed by atoms with Crippen molar-refractivity contribution in [3.63, 3.8) is 0 Å². The lowest BCUT2D eigenvalue weighted by molar-refractivity contribution is -0.385. The summed E-state index contributed by atoms with van der Waals surface area (Å²) in [5.41, 5.74) is -0.534. The minimum atomic E-state index is -0.760. The first-order chi connectivity index (χ1) is 13.3. The van der Waals surface area contributed by atoms with Gasteiger partial charge in [-0.2, -0.15) is 0 Å². The van der Waals surface area contributed by atoms with Crippen LogP contribution in [0.2, 0.25) is 0 Å². The number of morpholine rings is 1. The third-order valence-electron chi connectivity index (χ3n) is 4.10. The molecule has 10 nitrogen and oxygen atoms in total. The summed E-state index contributed by atoms with van der Waals surface area (Å²) in [6, 6.07) is 2.51. The summed E-state index contributed by atoms with van der Waals surface area (Å²) >= 11 is 3.71. The Morgan fingerprint density at radius 1 is 1.36 bits per heavy atom. The standard InChI is InChI=1S/C16H14BrN3O7S/c17-10-5-9(14(22)11(7-10)20(25)26)6-12-15(23)19(16(24)28-12)8-13(21)18-1-3-27-4-2-18/h5-7,22H,1-4,8H2/b12-6-. The molecule has 148 valence electrons. The second-order valence-electron chi connectivity index (χ2n) is 5.88. The highest BCUT2D eigenvalue weighted by Crippen LogP contribution is 2.38. The number of ether oxygens (including phenoxy) is 1. The summed E-state index contributed by atoms with van der Waals surface area (Å²) in [5.74, 6) is -1.68. The number of benzene rings is 1. The molecule has 0 atom stereocenters. The molecule has 0 spiro atoms. The van der Waals surface area contributed by atoms with Crippen LogP contribution < -0.4 is 0 Å². The maximum atomic E-state index is 12.5. The Bertz CT molecular complexity index is 898. The first-order valence-corrected chi connectivity index (χ1v) is 9.66. The molecule has 0 saturated carbocycles. The van der Waals surface area contributed by atoms with Crippen molar-refractivity contribution in [3.8, 4) is 5.75 Å². The topological polar surface area (TPSA) is 130 Å². The summed E-state index contributed by atoms with van der Waals surface area (Å²) < 4.78 is 5.49. The van der Waals surface area contributed by atoms with Crippen molar-refractivity contribution in [1.29, 1.82) is 0 Å². The zero-order chi connectivity index (χ0) is 20.4. The summed E-state index contributed by atoms with van der Waals surface area (Å²) in [7, 11) is 0. The second kappa shape index (κ2) is 8.29. The van der Waals surface area contributed by atoms with E-state index in [1.807, 2.05) is 0 Å². The van der Waals surface area contributed by atoms with Crippen LogP contribution in [0.5, 0.6) is 5.75 Å². The average molecular weight is 472 g/mol. The van der Waals surface area contributed by atoms with Gasteiger partial charge in [0.2, 0.25) is 11.7 Å². The van der Waals surface area contributed by atoms with Gasteiger partial charge in [0, 0.05) is 29.2 Å². The van der Waals surface area contributed by atoms with E-state index in [0.717, 1.165) is 11.0 Å². The van der Waals surface area contributed by atoms with Gasteiger partial charge in [0.1, 0.15) is 6.54 Å². The van der Waals surface area contributed by atoms with Crippen LogP contribution in [-0.4, -0.2) is 69.7 Å². The Hall–Kier alpha value is -2.44. The molecule has 28 heavy (non-hydrogen) atoms. The number of nitrogens with zero attached hydrogens (tertiary/aromatic N) is 3. The lowest BCUT2D eigenvalue weighted by Crippen LogP contribution is -2.46. The Balaban J connectivity index is 1.81. The molecule has 0 aromatic heterocycles. The van der Waals surface area contributed by atoms with Gasteiger partial charge in [-0.3, -0.25) is 29.4 Å². The van der Waals surface area contributed by atoms with Crippen molar-refractivity contribution in [1.82, 2.24) is 9.80 Å². The number of hydrogen-bond donors (Lipinski definition) is 1. The highest BCUT2D eigenvalue weighted by molar-refractivity contribution is 9.10. The van der Waals surface area contributed by atoms with Gasteiger partial charge in [-0.1, -0.05) is 15.9 Å². The van der Waals surface area contributed by atoms with Gasteiger partial charge in [-0.05, 0) is 23.9 Å². The van der Waals surface area contributed by atoms with Crippen LogP contribution in [0.15, 0.2) is 21.5 Å². The monoisotopic (exact) mass is 471 g/mol. The van der Waals surface area contributed by atoms with Crippen LogP contribution >= 0.6 is 27.7 Å². The zero-order valence-corrected chi connectivity index (χ0v) is 16.7. The van der Waals surface area contributed by atoms with Crippen molar-refractivity contribution in [3.05, 3.63) is 37.2 Å². The maximum Gasteiger partial charge on any atom is 0.312 e. The number of carbonyl (C=O) groups excluding carboxylic acids is 3. The van der Waals surface area contributed by atoms with Crippen LogP contribution in [0.4, 0.5) is 10.5 Å². The Morgan fingerprint density at radius 2 is 2.04 bits per heavy atom. The number of nitro groups is 1. The van der Waals surface area contributed by atoms with Crippen LogP contribution in [0, 0.1) is 10.1 Å². The van der Waals surface area contributed by atoms with E-state index in [4.69, 9.17) is 4.74 Å². The first-order valence-electron chi connectivity index (χ1n) is 8.05. The van der Waals surface area contributed by atoms with E-state index in [1.165, 1.54) is 17.0 Å². The van der Waals surface area contributed by atoms with E-state index in [1.54, 1.807) is 0 Å². The van der Waals surface area contributed by atoms with Crippen molar-refractivity contribution in [2.24, 2.45) is 0 Å². The molecule has 2 fully saturated rings. The molecule has 2 aliphatic heterocycles. The van der Waals surface area contributed by atoms with Crippen LogP contribution in [0.1, 0.15) is 5.56 Å². The van der Waals surface area contributed by atoms with E-state index in [-0.39, 0.29) is 16.4 Å². The summed E-state index contributed by atoms with van der Waals surface area (Å²) in [4.78, 5) is 49.6. The van der Waals surface area contributed by atoms with Crippen molar-refractivity contribution < 1.29 is 29.2 Å². The lowest BCUT2D eigenvalue weighted by atomic mass is 10.1. The molecule has 12 heteroatoms. The van der Waals surface area contributed by atoms with E-state index >= 15 is 0 Å². The summed E-state index contributed by atoms with van der Waals surface area (Å²) in [5, 5.41) is 20.5. The highest BCUT2D eigenvalue weighted by atomic mass is 79.9. The largest absolute Gasteiger partial charge is 0.502 e. The zero-order valence-electron chi connectivity index (χ0n) is 14.3. The summed E-state index contributed by atoms with van der Waals surface area (Å²) in [6.07, 6.45) is 1.19. The number of imide groups is 1. The number of nitro benzene ring substituents is 1. The van der Waals surface area contributed by atoms with Crippen molar-refractivity contribution in [2.45, 2.75) is 0 Å². The third kappa shape index (κ3) is 4.18. The van der Waals surface area contributed by atoms with Crippen LogP contribution in [-0.2, 0) is 14.3 Å². The number of amides is 3. The Kier molecular flexibility index (Phi) is 6.01. The van der Waals surface area contributed by atoms with Gasteiger partial charge in [0.05, 0.1) is 23.0 Å². The van der Waals surface area contributed by atoms with Gasteiger partial charge in [-0.15, -0.1) is 0 Å². The predicted octanol–water partition coefficient (Wildman–Crippen LogP) is 1.96. The molecule has 3 amide bonds. The quantitative estimate of drug-likeness (QED) is 0.400. The van der Waals surface area contributed by atoms with Crippen molar-refractivity contribution >= 4 is 56.5 Å². The van der Waals surface area contributed by atoms with Gasteiger partial charge in [0.25, 0.3) is 11.1 Å². The van der Waals surface area contributed by atoms with Gasteiger partial charge in [0.15, 0.2) is 0 Å². The van der Waals surface area contributed by atoms with E-state index in [9.17, 15) is 29.6 Å². The lowest BCUT2D eigenvalue weighted by Gasteiger charge is -2.28. The Morgan fingerprint density at radius 3 is 2.68 bits per heavy atom. The molecular weight excluding hydrogens is 458 g/mol. The molecule has 0 radical (unpaired) electrons. The number of phenols is 1. The molecule has 2 saturated heterocycles. The van der Waals surface area contributed by atoms with E-state index in [2.05, 4.69) is 15.9 Å².